The first-order valence-electron chi connectivity index (χ1n) is 11.6. The Labute approximate surface area is 194 Å². The summed E-state index contributed by atoms with van der Waals surface area (Å²) in [6.45, 7) is 7.97. The van der Waals surface area contributed by atoms with Gasteiger partial charge in [0.25, 0.3) is 0 Å². The second-order valence-electron chi connectivity index (χ2n) is 7.94. The van der Waals surface area contributed by atoms with E-state index in [1.165, 1.54) is 0 Å². The van der Waals surface area contributed by atoms with Crippen molar-refractivity contribution in [3.05, 3.63) is 41.1 Å². The number of rotatable bonds is 9. The number of carbonyl (C=O) groups excluding carboxylic acids is 3. The van der Waals surface area contributed by atoms with Crippen LogP contribution in [0.1, 0.15) is 45.2 Å². The molecule has 9 heteroatoms. The van der Waals surface area contributed by atoms with Crippen LogP contribution < -0.4 is 15.4 Å². The monoisotopic (exact) mass is 459 g/mol. The summed E-state index contributed by atoms with van der Waals surface area (Å²) in [5, 5.41) is 5.65. The highest BCUT2D eigenvalue weighted by molar-refractivity contribution is 5.95. The van der Waals surface area contributed by atoms with E-state index in [1.54, 1.807) is 13.8 Å². The zero-order chi connectivity index (χ0) is 23.8. The fraction of sp³-hybridized carbons (Fsp3) is 0.542. The van der Waals surface area contributed by atoms with Crippen LogP contribution in [-0.2, 0) is 19.1 Å². The molecular formula is C24H33N3O6. The highest BCUT2D eigenvalue weighted by atomic mass is 16.5. The zero-order valence-electron chi connectivity index (χ0n) is 19.5. The average Bonchev–Trinajstić information content (AvgIpc) is 2.80. The molecule has 1 fully saturated rings. The van der Waals surface area contributed by atoms with E-state index < -0.39 is 18.0 Å². The zero-order valence-corrected chi connectivity index (χ0v) is 19.5. The molecule has 2 atom stereocenters. The lowest BCUT2D eigenvalue weighted by molar-refractivity contribution is -0.150. The lowest BCUT2D eigenvalue weighted by Crippen LogP contribution is -2.50. The summed E-state index contributed by atoms with van der Waals surface area (Å²) in [6, 6.07) is 6.19. The van der Waals surface area contributed by atoms with Crippen molar-refractivity contribution in [2.45, 2.75) is 39.7 Å². The number of esters is 2. The molecule has 33 heavy (non-hydrogen) atoms. The summed E-state index contributed by atoms with van der Waals surface area (Å²) in [6.07, 6.45) is 1.59. The molecule has 2 amide bonds. The number of amides is 2. The Morgan fingerprint density at radius 1 is 1.09 bits per heavy atom. The number of nitrogens with one attached hydrogen (secondary N) is 2. The first-order chi connectivity index (χ1) is 16.0. The topological polar surface area (TPSA) is 106 Å². The van der Waals surface area contributed by atoms with Crippen molar-refractivity contribution in [1.82, 2.24) is 15.5 Å². The van der Waals surface area contributed by atoms with E-state index in [0.717, 1.165) is 19.4 Å². The van der Waals surface area contributed by atoms with Gasteiger partial charge in [0.15, 0.2) is 0 Å². The summed E-state index contributed by atoms with van der Waals surface area (Å²) in [7, 11) is 0. The molecule has 3 rings (SSSR count). The van der Waals surface area contributed by atoms with Crippen molar-refractivity contribution < 1.29 is 28.6 Å². The van der Waals surface area contributed by atoms with Gasteiger partial charge in [0.1, 0.15) is 5.75 Å². The summed E-state index contributed by atoms with van der Waals surface area (Å²) in [5.74, 6) is -0.346. The SMILES string of the molecule is CCOC(=O)C1=C(CN2CCCC(C(=O)OCC)C2)NC(=O)NC1c1ccccc1OCC. The second-order valence-corrected chi connectivity index (χ2v) is 7.94. The number of carbonyl (C=O) groups is 3. The third-order valence-corrected chi connectivity index (χ3v) is 5.69. The van der Waals surface area contributed by atoms with Gasteiger partial charge in [-0.15, -0.1) is 0 Å². The van der Waals surface area contributed by atoms with Gasteiger partial charge in [0, 0.05) is 24.4 Å². The van der Waals surface area contributed by atoms with Gasteiger partial charge in [0.05, 0.1) is 37.4 Å². The molecule has 2 aliphatic rings. The molecule has 0 saturated carbocycles. The molecular weight excluding hydrogens is 426 g/mol. The van der Waals surface area contributed by atoms with E-state index in [9.17, 15) is 14.4 Å². The lowest BCUT2D eigenvalue weighted by Gasteiger charge is -2.35. The van der Waals surface area contributed by atoms with Gasteiger partial charge in [-0.3, -0.25) is 9.69 Å². The molecule has 0 spiro atoms. The molecule has 0 bridgehead atoms. The molecule has 2 heterocycles. The fourth-order valence-electron chi connectivity index (χ4n) is 4.31. The minimum absolute atomic E-state index is 0.206. The van der Waals surface area contributed by atoms with Crippen molar-refractivity contribution in [3.63, 3.8) is 0 Å². The maximum absolute atomic E-state index is 13.1. The second kappa shape index (κ2) is 11.7. The van der Waals surface area contributed by atoms with Crippen LogP contribution in [0.5, 0.6) is 5.75 Å². The largest absolute Gasteiger partial charge is 0.494 e. The van der Waals surface area contributed by atoms with Crippen LogP contribution in [0, 0.1) is 5.92 Å². The molecule has 1 aromatic carbocycles. The predicted octanol–water partition coefficient (Wildman–Crippen LogP) is 2.53. The van der Waals surface area contributed by atoms with E-state index in [0.29, 0.717) is 48.9 Å². The van der Waals surface area contributed by atoms with E-state index in [1.807, 2.05) is 31.2 Å². The normalized spacial score (nSPS) is 21.1. The highest BCUT2D eigenvalue weighted by Gasteiger charge is 2.36. The van der Waals surface area contributed by atoms with Gasteiger partial charge in [0.2, 0.25) is 0 Å². The number of urea groups is 1. The number of hydrogen-bond acceptors (Lipinski definition) is 7. The van der Waals surface area contributed by atoms with E-state index in [-0.39, 0.29) is 18.5 Å². The molecule has 9 nitrogen and oxygen atoms in total. The van der Waals surface area contributed by atoms with Crippen molar-refractivity contribution >= 4 is 18.0 Å². The molecule has 2 unspecified atom stereocenters. The number of piperidine rings is 1. The summed E-state index contributed by atoms with van der Waals surface area (Å²) in [4.78, 5) is 40.0. The Morgan fingerprint density at radius 3 is 2.58 bits per heavy atom. The van der Waals surface area contributed by atoms with Gasteiger partial charge in [-0.1, -0.05) is 18.2 Å². The Balaban J connectivity index is 1.95. The number of benzene rings is 1. The highest BCUT2D eigenvalue weighted by Crippen LogP contribution is 2.34. The molecule has 0 radical (unpaired) electrons. The predicted molar refractivity (Wildman–Crippen MR) is 121 cm³/mol. The van der Waals surface area contributed by atoms with Crippen LogP contribution in [-0.4, -0.2) is 62.3 Å². The third kappa shape index (κ3) is 6.04. The standard InChI is InChI=1S/C24H33N3O6/c1-4-31-19-12-8-7-11-17(19)21-20(23(29)33-6-3)18(25-24(30)26-21)15-27-13-9-10-16(14-27)22(28)32-5-2/h7-8,11-12,16,21H,4-6,9-10,13-15H2,1-3H3,(H2,25,26,30). The Hall–Kier alpha value is -3.07. The molecule has 2 aliphatic heterocycles. The molecule has 2 N–H and O–H groups in total. The third-order valence-electron chi connectivity index (χ3n) is 5.69. The van der Waals surface area contributed by atoms with Crippen LogP contribution in [0.25, 0.3) is 0 Å². The average molecular weight is 460 g/mol. The van der Waals surface area contributed by atoms with Crippen LogP contribution in [0.3, 0.4) is 0 Å². The van der Waals surface area contributed by atoms with Gasteiger partial charge < -0.3 is 24.8 Å². The maximum atomic E-state index is 13.1. The van der Waals surface area contributed by atoms with Crippen molar-refractivity contribution in [3.8, 4) is 5.75 Å². The first kappa shape index (κ1) is 24.6. The van der Waals surface area contributed by atoms with Crippen LogP contribution >= 0.6 is 0 Å². The van der Waals surface area contributed by atoms with Crippen LogP contribution in [0.2, 0.25) is 0 Å². The van der Waals surface area contributed by atoms with Crippen molar-refractivity contribution in [1.29, 1.82) is 0 Å². The van der Waals surface area contributed by atoms with E-state index >= 15 is 0 Å². The van der Waals surface area contributed by atoms with Crippen molar-refractivity contribution in [2.24, 2.45) is 5.92 Å². The molecule has 180 valence electrons. The number of likely N-dealkylation sites (tertiary alicyclic amines) is 1. The minimum atomic E-state index is -0.721. The van der Waals surface area contributed by atoms with Gasteiger partial charge in [-0.05, 0) is 46.2 Å². The number of ether oxygens (including phenoxy) is 3. The number of nitrogens with zero attached hydrogens (tertiary/aromatic N) is 1. The Bertz CT molecular complexity index is 900. The van der Waals surface area contributed by atoms with E-state index in [4.69, 9.17) is 14.2 Å². The van der Waals surface area contributed by atoms with Crippen LogP contribution in [0.15, 0.2) is 35.5 Å². The minimum Gasteiger partial charge on any atom is -0.494 e. The van der Waals surface area contributed by atoms with Gasteiger partial charge >= 0.3 is 18.0 Å². The maximum Gasteiger partial charge on any atom is 0.338 e. The smallest absolute Gasteiger partial charge is 0.338 e. The first-order valence-corrected chi connectivity index (χ1v) is 11.6. The quantitative estimate of drug-likeness (QED) is 0.547. The summed E-state index contributed by atoms with van der Waals surface area (Å²) in [5.41, 5.74) is 1.48. The molecule has 0 aromatic heterocycles. The lowest BCUT2D eigenvalue weighted by atomic mass is 9.93. The molecule has 0 aliphatic carbocycles. The summed E-state index contributed by atoms with van der Waals surface area (Å²) < 4.78 is 16.3. The van der Waals surface area contributed by atoms with Crippen LogP contribution in [0.4, 0.5) is 4.79 Å². The van der Waals surface area contributed by atoms with Gasteiger partial charge in [-0.2, -0.15) is 0 Å². The molecule has 1 saturated heterocycles. The van der Waals surface area contributed by atoms with E-state index in [2.05, 4.69) is 15.5 Å². The Morgan fingerprint density at radius 2 is 1.85 bits per heavy atom. The molecule has 1 aromatic rings. The van der Waals surface area contributed by atoms with Gasteiger partial charge in [-0.25, -0.2) is 9.59 Å². The Kier molecular flexibility index (Phi) is 8.71. The fourth-order valence-corrected chi connectivity index (χ4v) is 4.31. The van der Waals surface area contributed by atoms with Crippen molar-refractivity contribution in [2.75, 3.05) is 39.5 Å². The number of para-hydroxylation sites is 1. The number of hydrogen-bond donors (Lipinski definition) is 2. The summed E-state index contributed by atoms with van der Waals surface area (Å²) >= 11 is 0.